The summed E-state index contributed by atoms with van der Waals surface area (Å²) in [5.74, 6) is 0. The molecule has 1 atom stereocenters. The van der Waals surface area contributed by atoms with Gasteiger partial charge in [-0.15, -0.1) is 0 Å². The molecule has 2 aromatic rings. The fourth-order valence-electron chi connectivity index (χ4n) is 2.01. The van der Waals surface area contributed by atoms with Gasteiger partial charge in [0.2, 0.25) is 0 Å². The topological polar surface area (TPSA) is 24.1 Å². The summed E-state index contributed by atoms with van der Waals surface area (Å²) in [7, 11) is 0. The zero-order valence-corrected chi connectivity index (χ0v) is 14.7. The molecule has 0 saturated heterocycles. The third kappa shape index (κ3) is 4.70. The van der Waals surface area contributed by atoms with Gasteiger partial charge in [0.25, 0.3) is 0 Å². The first-order chi connectivity index (χ1) is 10.1. The van der Waals surface area contributed by atoms with Crippen molar-refractivity contribution in [2.45, 2.75) is 19.4 Å². The van der Waals surface area contributed by atoms with Gasteiger partial charge < -0.3 is 10.6 Å². The lowest BCUT2D eigenvalue weighted by molar-refractivity contribution is 0.629. The highest BCUT2D eigenvalue weighted by Crippen LogP contribution is 2.25. The van der Waals surface area contributed by atoms with Crippen molar-refractivity contribution in [2.75, 3.05) is 5.32 Å². The third-order valence-corrected chi connectivity index (χ3v) is 4.55. The highest BCUT2D eigenvalue weighted by Gasteiger charge is 2.10. The van der Waals surface area contributed by atoms with E-state index in [9.17, 15) is 0 Å². The molecule has 2 N–H and O–H groups in total. The van der Waals surface area contributed by atoms with Crippen LogP contribution in [0.5, 0.6) is 0 Å². The van der Waals surface area contributed by atoms with Gasteiger partial charge in [-0.2, -0.15) is 0 Å². The first-order valence-corrected chi connectivity index (χ1v) is 8.25. The minimum atomic E-state index is 0.192. The van der Waals surface area contributed by atoms with E-state index in [-0.39, 0.29) is 6.04 Å². The van der Waals surface area contributed by atoms with Crippen LogP contribution >= 0.6 is 39.7 Å². The lowest BCUT2D eigenvalue weighted by Gasteiger charge is -2.20. The largest absolute Gasteiger partial charge is 0.356 e. The van der Waals surface area contributed by atoms with Gasteiger partial charge in [-0.3, -0.25) is 0 Å². The SMILES string of the molecule is CC[C@@H](NC(=S)Nc1ccc(Br)c(Cl)c1)c1ccccc1. The molecule has 0 aliphatic rings. The number of hydrogen-bond acceptors (Lipinski definition) is 1. The third-order valence-electron chi connectivity index (χ3n) is 3.09. The number of nitrogens with one attached hydrogen (secondary N) is 2. The first kappa shape index (κ1) is 16.3. The van der Waals surface area contributed by atoms with E-state index in [1.165, 1.54) is 5.56 Å². The Morgan fingerprint density at radius 1 is 1.24 bits per heavy atom. The maximum atomic E-state index is 6.08. The zero-order chi connectivity index (χ0) is 15.2. The summed E-state index contributed by atoms with van der Waals surface area (Å²) < 4.78 is 0.865. The monoisotopic (exact) mass is 382 g/mol. The van der Waals surface area contributed by atoms with Crippen LogP contribution in [0.25, 0.3) is 0 Å². The first-order valence-electron chi connectivity index (χ1n) is 6.67. The lowest BCUT2D eigenvalue weighted by atomic mass is 10.1. The number of hydrogen-bond donors (Lipinski definition) is 2. The second kappa shape index (κ2) is 7.78. The molecule has 0 radical (unpaired) electrons. The number of halogens is 2. The molecule has 0 bridgehead atoms. The molecule has 2 nitrogen and oxygen atoms in total. The Labute approximate surface area is 144 Å². The fourth-order valence-corrected chi connectivity index (χ4v) is 2.69. The van der Waals surface area contributed by atoms with Crippen molar-refractivity contribution in [1.29, 1.82) is 0 Å². The normalized spacial score (nSPS) is 11.8. The summed E-state index contributed by atoms with van der Waals surface area (Å²) in [4.78, 5) is 0. The van der Waals surface area contributed by atoms with Crippen LogP contribution in [0.4, 0.5) is 5.69 Å². The van der Waals surface area contributed by atoms with E-state index in [1.807, 2.05) is 36.4 Å². The molecule has 5 heteroatoms. The van der Waals surface area contributed by atoms with Gasteiger partial charge in [0.15, 0.2) is 5.11 Å². The van der Waals surface area contributed by atoms with Crippen molar-refractivity contribution in [3.63, 3.8) is 0 Å². The van der Waals surface area contributed by atoms with Gasteiger partial charge in [0.05, 0.1) is 11.1 Å². The molecule has 2 rings (SSSR count). The van der Waals surface area contributed by atoms with Gasteiger partial charge in [-0.05, 0) is 58.3 Å². The average Bonchev–Trinajstić information content (AvgIpc) is 2.49. The van der Waals surface area contributed by atoms with Crippen molar-refractivity contribution in [3.05, 3.63) is 63.6 Å². The lowest BCUT2D eigenvalue weighted by Crippen LogP contribution is -2.32. The van der Waals surface area contributed by atoms with E-state index in [1.54, 1.807) is 0 Å². The van der Waals surface area contributed by atoms with E-state index >= 15 is 0 Å². The molecule has 0 aliphatic carbocycles. The molecule has 0 aliphatic heterocycles. The van der Waals surface area contributed by atoms with Gasteiger partial charge in [0, 0.05) is 10.2 Å². The summed E-state index contributed by atoms with van der Waals surface area (Å²) >= 11 is 14.8. The predicted octanol–water partition coefficient (Wildman–Crippen LogP) is 5.54. The van der Waals surface area contributed by atoms with Crippen molar-refractivity contribution < 1.29 is 0 Å². The second-order valence-corrected chi connectivity index (χ2v) is 6.27. The van der Waals surface area contributed by atoms with Gasteiger partial charge in [-0.1, -0.05) is 48.9 Å². The Kier molecular flexibility index (Phi) is 6.03. The standard InChI is InChI=1S/C16H16BrClN2S/c1-2-15(11-6-4-3-5-7-11)20-16(21)19-12-8-9-13(17)14(18)10-12/h3-10,15H,2H2,1H3,(H2,19,20,21)/t15-/m1/s1. The minimum Gasteiger partial charge on any atom is -0.356 e. The zero-order valence-electron chi connectivity index (χ0n) is 11.6. The molecule has 21 heavy (non-hydrogen) atoms. The Morgan fingerprint density at radius 2 is 1.95 bits per heavy atom. The summed E-state index contributed by atoms with van der Waals surface area (Å²) in [6.07, 6.45) is 0.951. The van der Waals surface area contributed by atoms with Crippen molar-refractivity contribution in [3.8, 4) is 0 Å². The van der Waals surface area contributed by atoms with Crippen LogP contribution in [-0.4, -0.2) is 5.11 Å². The van der Waals surface area contributed by atoms with E-state index in [2.05, 4.69) is 45.6 Å². The highest BCUT2D eigenvalue weighted by atomic mass is 79.9. The number of rotatable bonds is 4. The van der Waals surface area contributed by atoms with E-state index in [4.69, 9.17) is 23.8 Å². The summed E-state index contributed by atoms with van der Waals surface area (Å²) in [6.45, 7) is 2.13. The molecule has 0 unspecified atom stereocenters. The van der Waals surface area contributed by atoms with Crippen LogP contribution in [0, 0.1) is 0 Å². The molecule has 0 fully saturated rings. The Balaban J connectivity index is 2.01. The van der Waals surface area contributed by atoms with Crippen LogP contribution in [-0.2, 0) is 0 Å². The Morgan fingerprint density at radius 3 is 2.57 bits per heavy atom. The molecule has 0 aromatic heterocycles. The van der Waals surface area contributed by atoms with E-state index in [0.29, 0.717) is 10.1 Å². The Bertz CT molecular complexity index is 619. The predicted molar refractivity (Wildman–Crippen MR) is 98.0 cm³/mol. The maximum absolute atomic E-state index is 6.08. The van der Waals surface area contributed by atoms with Crippen LogP contribution in [0.15, 0.2) is 53.0 Å². The number of thiocarbonyl (C=S) groups is 1. The van der Waals surface area contributed by atoms with Gasteiger partial charge in [0.1, 0.15) is 0 Å². The molecular formula is C16H16BrClN2S. The average molecular weight is 384 g/mol. The number of benzene rings is 2. The molecule has 0 heterocycles. The summed E-state index contributed by atoms with van der Waals surface area (Å²) in [5.41, 5.74) is 2.08. The molecule has 0 amide bonds. The molecule has 110 valence electrons. The van der Waals surface area contributed by atoms with E-state index < -0.39 is 0 Å². The molecule has 0 spiro atoms. The summed E-state index contributed by atoms with van der Waals surface area (Å²) in [5, 5.41) is 7.73. The highest BCUT2D eigenvalue weighted by molar-refractivity contribution is 9.10. The quantitative estimate of drug-likeness (QED) is 0.678. The molecule has 0 saturated carbocycles. The molecule has 2 aromatic carbocycles. The van der Waals surface area contributed by atoms with Crippen molar-refractivity contribution in [2.24, 2.45) is 0 Å². The fraction of sp³-hybridized carbons (Fsp3) is 0.188. The van der Waals surface area contributed by atoms with Gasteiger partial charge in [-0.25, -0.2) is 0 Å². The Hall–Kier alpha value is -1.10. The van der Waals surface area contributed by atoms with Crippen LogP contribution in [0.2, 0.25) is 5.02 Å². The number of anilines is 1. The minimum absolute atomic E-state index is 0.192. The smallest absolute Gasteiger partial charge is 0.171 e. The van der Waals surface area contributed by atoms with E-state index in [0.717, 1.165) is 16.6 Å². The summed E-state index contributed by atoms with van der Waals surface area (Å²) in [6, 6.07) is 16.1. The van der Waals surface area contributed by atoms with Crippen LogP contribution in [0.1, 0.15) is 24.9 Å². The molecular weight excluding hydrogens is 368 g/mol. The second-order valence-electron chi connectivity index (χ2n) is 4.60. The maximum Gasteiger partial charge on any atom is 0.171 e. The van der Waals surface area contributed by atoms with Crippen LogP contribution < -0.4 is 10.6 Å². The van der Waals surface area contributed by atoms with Gasteiger partial charge >= 0.3 is 0 Å². The van der Waals surface area contributed by atoms with Crippen LogP contribution in [0.3, 0.4) is 0 Å². The van der Waals surface area contributed by atoms with Crippen molar-refractivity contribution >= 4 is 50.5 Å². The van der Waals surface area contributed by atoms with Crippen molar-refractivity contribution in [1.82, 2.24) is 5.32 Å².